The molecule has 1 heterocycles. The molecule has 0 bridgehead atoms. The van der Waals surface area contributed by atoms with Gasteiger partial charge >= 0.3 is 24.0 Å². The van der Waals surface area contributed by atoms with Crippen molar-refractivity contribution < 1.29 is 53.8 Å². The molecule has 6 nitrogen and oxygen atoms in total. The van der Waals surface area contributed by atoms with Crippen molar-refractivity contribution in [2.75, 3.05) is 6.54 Å². The molecule has 0 aromatic heterocycles. The Bertz CT molecular complexity index is 1580. The Kier molecular flexibility index (Phi) is 9.91. The number of sulfone groups is 1. The highest BCUT2D eigenvalue weighted by atomic mass is 32.2. The first kappa shape index (κ1) is 36.7. The van der Waals surface area contributed by atoms with Crippen LogP contribution in [0, 0.1) is 5.92 Å². The number of fused-ring (bicyclic) bond motifs is 3. The fourth-order valence-corrected chi connectivity index (χ4v) is 9.50. The van der Waals surface area contributed by atoms with Crippen LogP contribution < -0.4 is 0 Å². The van der Waals surface area contributed by atoms with Gasteiger partial charge in [0.15, 0.2) is 9.84 Å². The quantitative estimate of drug-likeness (QED) is 0.255. The third-order valence-corrected chi connectivity index (χ3v) is 12.2. The predicted octanol–water partition coefficient (Wildman–Crippen LogP) is 7.77. The van der Waals surface area contributed by atoms with Crippen molar-refractivity contribution in [1.82, 2.24) is 4.90 Å². The molecule has 2 aliphatic carbocycles. The van der Waals surface area contributed by atoms with Gasteiger partial charge in [-0.25, -0.2) is 12.8 Å². The van der Waals surface area contributed by atoms with E-state index in [4.69, 9.17) is 5.11 Å². The fourth-order valence-electron chi connectivity index (χ4n) is 7.08. The topological polar surface area (TPSA) is 91.8 Å². The van der Waals surface area contributed by atoms with Gasteiger partial charge in [-0.15, -0.1) is 0 Å². The second-order valence-electron chi connectivity index (χ2n) is 13.5. The lowest BCUT2D eigenvalue weighted by Crippen LogP contribution is -2.52. The number of carbonyl (C=O) groups excluding carboxylic acids is 1. The van der Waals surface area contributed by atoms with Crippen LogP contribution in [0.25, 0.3) is 0 Å². The summed E-state index contributed by atoms with van der Waals surface area (Å²) in [5, 5.41) is 8.54. The van der Waals surface area contributed by atoms with Gasteiger partial charge in [0.2, 0.25) is 6.41 Å². The van der Waals surface area contributed by atoms with E-state index in [2.05, 4.69) is 0 Å². The number of hydrogen-bond donors (Lipinski definition) is 1. The van der Waals surface area contributed by atoms with E-state index in [0.29, 0.717) is 24.1 Å². The fraction of sp³-hybridized carbons (Fsp3) is 0.576. The van der Waals surface area contributed by atoms with Crippen molar-refractivity contribution in [1.29, 1.82) is 0 Å². The summed E-state index contributed by atoms with van der Waals surface area (Å²) in [7, 11) is -4.34. The average Bonchev–Trinajstić information content (AvgIpc) is 3.40. The first-order chi connectivity index (χ1) is 21.6. The molecule has 0 spiro atoms. The summed E-state index contributed by atoms with van der Waals surface area (Å²) in [4.78, 5) is 23.4. The number of halogens is 7. The van der Waals surface area contributed by atoms with E-state index in [0.717, 1.165) is 31.7 Å². The summed E-state index contributed by atoms with van der Waals surface area (Å²) >= 11 is 0. The summed E-state index contributed by atoms with van der Waals surface area (Å²) in [6, 6.07) is 6.95. The molecule has 1 saturated carbocycles. The SMILES string of the molecule is CC(C)(C)c1cccc(S(=O)(=O)C23CCN(C=O)C2CCc2cc(C(F)(C(F)(F)F)C(F)(F)F)ccc23)c1.O=C(O)C1CCCCC1. The Hall–Kier alpha value is -3.16. The van der Waals surface area contributed by atoms with Crippen LogP contribution in [0.1, 0.15) is 88.0 Å². The maximum atomic E-state index is 14.8. The number of aryl methyl sites for hydroxylation is 1. The monoisotopic (exact) mass is 693 g/mol. The molecule has 5 rings (SSSR count). The number of alkyl halides is 7. The molecule has 2 aromatic carbocycles. The number of rotatable bonds is 5. The molecule has 1 aliphatic heterocycles. The van der Waals surface area contributed by atoms with Gasteiger partial charge in [0.25, 0.3) is 0 Å². The largest absolute Gasteiger partial charge is 0.481 e. The average molecular weight is 694 g/mol. The molecule has 2 fully saturated rings. The lowest BCUT2D eigenvalue weighted by Gasteiger charge is -2.42. The number of carboxylic acids is 1. The zero-order chi connectivity index (χ0) is 35.2. The third-order valence-electron chi connectivity index (χ3n) is 9.69. The number of nitrogens with zero attached hydrogens (tertiary/aromatic N) is 1. The molecule has 2 unspecified atom stereocenters. The minimum atomic E-state index is -6.30. The van der Waals surface area contributed by atoms with Gasteiger partial charge in [0.1, 0.15) is 4.75 Å². The second-order valence-corrected chi connectivity index (χ2v) is 15.7. The second kappa shape index (κ2) is 12.7. The Morgan fingerprint density at radius 3 is 2.02 bits per heavy atom. The summed E-state index contributed by atoms with van der Waals surface area (Å²) in [5.74, 6) is -0.631. The van der Waals surface area contributed by atoms with Gasteiger partial charge in [0.05, 0.1) is 16.9 Å². The zero-order valence-corrected chi connectivity index (χ0v) is 27.0. The number of likely N-dealkylation sites (tertiary alicyclic amines) is 1. The number of carboxylic acid groups (broad SMARTS) is 1. The van der Waals surface area contributed by atoms with E-state index in [1.807, 2.05) is 20.8 Å². The van der Waals surface area contributed by atoms with Gasteiger partial charge < -0.3 is 10.0 Å². The van der Waals surface area contributed by atoms with Gasteiger partial charge in [0, 0.05) is 12.1 Å². The molecule has 2 aromatic rings. The molecule has 2 atom stereocenters. The normalized spacial score (nSPS) is 22.5. The molecule has 47 heavy (non-hydrogen) atoms. The Balaban J connectivity index is 0.000000479. The molecule has 1 N–H and O–H groups in total. The van der Waals surface area contributed by atoms with E-state index in [9.17, 15) is 48.7 Å². The maximum Gasteiger partial charge on any atom is 0.435 e. The number of carbonyl (C=O) groups is 2. The summed E-state index contributed by atoms with van der Waals surface area (Å²) in [6.45, 7) is 5.66. The maximum absolute atomic E-state index is 14.8. The smallest absolute Gasteiger partial charge is 0.435 e. The van der Waals surface area contributed by atoms with Crippen LogP contribution in [0.4, 0.5) is 30.7 Å². The summed E-state index contributed by atoms with van der Waals surface area (Å²) < 4.78 is 122. The van der Waals surface area contributed by atoms with Crippen molar-refractivity contribution >= 4 is 22.2 Å². The Morgan fingerprint density at radius 2 is 1.51 bits per heavy atom. The standard InChI is InChI=1S/C26H26F7NO3S.C7H12O2/c1-22(2,3)17-5-4-6-19(14-17)38(36,37)23-11-12-34(15-35)21(23)10-7-16-13-18(8-9-20(16)23)24(27,25(28,29)30)26(31,32)33;8-7(9)6-4-2-1-3-5-6/h4-6,8-9,13-15,21H,7,10-12H2,1-3H3;6H,1-5H2,(H,8,9). The molecular weight excluding hydrogens is 655 g/mol. The van der Waals surface area contributed by atoms with Crippen LogP contribution >= 0.6 is 0 Å². The predicted molar refractivity (Wildman–Crippen MR) is 159 cm³/mol. The van der Waals surface area contributed by atoms with E-state index >= 15 is 0 Å². The van der Waals surface area contributed by atoms with Gasteiger partial charge in [-0.05, 0) is 66.3 Å². The number of aliphatic carboxylic acids is 1. The number of benzene rings is 2. The lowest BCUT2D eigenvalue weighted by molar-refractivity contribution is -0.348. The van der Waals surface area contributed by atoms with Crippen LogP contribution in [0.15, 0.2) is 47.4 Å². The van der Waals surface area contributed by atoms with Crippen molar-refractivity contribution in [2.45, 2.75) is 111 Å². The minimum absolute atomic E-state index is 0.0188. The van der Waals surface area contributed by atoms with Crippen LogP contribution in [0.2, 0.25) is 0 Å². The molecule has 1 amide bonds. The van der Waals surface area contributed by atoms with Crippen LogP contribution in [-0.2, 0) is 41.7 Å². The molecular formula is C33H38F7NO5S. The van der Waals surface area contributed by atoms with E-state index in [1.165, 1.54) is 23.5 Å². The first-order valence-electron chi connectivity index (χ1n) is 15.4. The van der Waals surface area contributed by atoms with Crippen molar-refractivity contribution in [3.8, 4) is 0 Å². The van der Waals surface area contributed by atoms with E-state index < -0.39 is 55.6 Å². The molecule has 3 aliphatic rings. The zero-order valence-electron chi connectivity index (χ0n) is 26.2. The van der Waals surface area contributed by atoms with Crippen LogP contribution in [0.3, 0.4) is 0 Å². The minimum Gasteiger partial charge on any atom is -0.481 e. The first-order valence-corrected chi connectivity index (χ1v) is 16.9. The molecule has 14 heteroatoms. The molecule has 260 valence electrons. The Labute approximate surface area is 269 Å². The number of amides is 1. The van der Waals surface area contributed by atoms with Crippen LogP contribution in [0.5, 0.6) is 0 Å². The number of hydrogen-bond acceptors (Lipinski definition) is 4. The van der Waals surface area contributed by atoms with Gasteiger partial charge in [-0.2, -0.15) is 26.3 Å². The van der Waals surface area contributed by atoms with Crippen molar-refractivity contribution in [3.05, 3.63) is 64.7 Å². The lowest BCUT2D eigenvalue weighted by atomic mass is 9.77. The van der Waals surface area contributed by atoms with Crippen molar-refractivity contribution in [3.63, 3.8) is 0 Å². The van der Waals surface area contributed by atoms with E-state index in [1.54, 1.807) is 12.1 Å². The van der Waals surface area contributed by atoms with Crippen molar-refractivity contribution in [2.24, 2.45) is 5.92 Å². The highest BCUT2D eigenvalue weighted by Crippen LogP contribution is 2.56. The highest BCUT2D eigenvalue weighted by molar-refractivity contribution is 7.92. The molecule has 1 saturated heterocycles. The summed E-state index contributed by atoms with van der Waals surface area (Å²) in [6.07, 6.45) is -7.15. The highest BCUT2D eigenvalue weighted by Gasteiger charge is 2.73. The van der Waals surface area contributed by atoms with Crippen LogP contribution in [-0.4, -0.2) is 55.7 Å². The molecule has 0 radical (unpaired) electrons. The van der Waals surface area contributed by atoms with Gasteiger partial charge in [-0.1, -0.05) is 70.4 Å². The summed E-state index contributed by atoms with van der Waals surface area (Å²) in [5.41, 5.74) is -7.18. The third kappa shape index (κ3) is 6.38. The van der Waals surface area contributed by atoms with Gasteiger partial charge in [-0.3, -0.25) is 9.59 Å². The Morgan fingerprint density at radius 1 is 0.894 bits per heavy atom. The van der Waals surface area contributed by atoms with E-state index in [-0.39, 0.29) is 47.7 Å².